The first kappa shape index (κ1) is 15.3. The first-order valence-electron chi connectivity index (χ1n) is 8.50. The minimum atomic E-state index is -1.44. The number of amides is 1. The van der Waals surface area contributed by atoms with Crippen molar-refractivity contribution in [1.82, 2.24) is 19.7 Å². The van der Waals surface area contributed by atoms with Crippen LogP contribution < -0.4 is 0 Å². The Labute approximate surface area is 140 Å². The van der Waals surface area contributed by atoms with E-state index in [4.69, 9.17) is 0 Å². The van der Waals surface area contributed by atoms with Crippen molar-refractivity contribution in [3.05, 3.63) is 47.5 Å². The van der Waals surface area contributed by atoms with Gasteiger partial charge in [-0.05, 0) is 31.0 Å². The fourth-order valence-corrected chi connectivity index (χ4v) is 3.38. The Balaban J connectivity index is 1.46. The minimum absolute atomic E-state index is 0.0556. The van der Waals surface area contributed by atoms with E-state index < -0.39 is 5.67 Å². The number of aryl methyl sites for hydroxylation is 1. The topological polar surface area (TPSA) is 51.0 Å². The number of halogens is 1. The lowest BCUT2D eigenvalue weighted by molar-refractivity contribution is 0.0395. The molecule has 1 aliphatic carbocycles. The van der Waals surface area contributed by atoms with E-state index in [0.29, 0.717) is 30.4 Å². The van der Waals surface area contributed by atoms with Crippen LogP contribution in [-0.4, -0.2) is 38.7 Å². The molecule has 4 rings (SSSR count). The second-order valence-corrected chi connectivity index (χ2v) is 6.82. The maximum Gasteiger partial charge on any atom is 0.272 e. The predicted octanol–water partition coefficient (Wildman–Crippen LogP) is 2.79. The van der Waals surface area contributed by atoms with Crippen LogP contribution in [0.3, 0.4) is 0 Å². The van der Waals surface area contributed by atoms with Crippen molar-refractivity contribution in [1.29, 1.82) is 0 Å². The molecule has 2 fully saturated rings. The Morgan fingerprint density at radius 2 is 2.04 bits per heavy atom. The Bertz CT molecular complexity index is 746. The third-order valence-electron chi connectivity index (χ3n) is 5.08. The summed E-state index contributed by atoms with van der Waals surface area (Å²) in [5.41, 5.74) is 0.630. The summed E-state index contributed by atoms with van der Waals surface area (Å²) in [6, 6.07) is 7.21. The van der Waals surface area contributed by atoms with E-state index in [9.17, 15) is 4.79 Å². The summed E-state index contributed by atoms with van der Waals surface area (Å²) < 4.78 is 16.8. The Hall–Kier alpha value is -2.24. The third kappa shape index (κ3) is 2.70. The molecule has 2 aromatic rings. The molecule has 0 spiro atoms. The van der Waals surface area contributed by atoms with Crippen LogP contribution in [0.1, 0.15) is 53.5 Å². The van der Waals surface area contributed by atoms with Crippen LogP contribution in [0.2, 0.25) is 0 Å². The molecule has 6 heteroatoms. The summed E-state index contributed by atoms with van der Waals surface area (Å²) in [4.78, 5) is 18.6. The highest BCUT2D eigenvalue weighted by atomic mass is 19.1. The zero-order valence-corrected chi connectivity index (χ0v) is 13.8. The van der Waals surface area contributed by atoms with Gasteiger partial charge in [-0.2, -0.15) is 5.10 Å². The molecule has 24 heavy (non-hydrogen) atoms. The molecule has 1 amide bonds. The van der Waals surface area contributed by atoms with Crippen molar-refractivity contribution in [2.24, 2.45) is 7.05 Å². The quantitative estimate of drug-likeness (QED) is 0.870. The molecule has 126 valence electrons. The number of hydrogen-bond acceptors (Lipinski definition) is 3. The summed E-state index contributed by atoms with van der Waals surface area (Å²) in [7, 11) is 1.80. The molecule has 2 aliphatic rings. The van der Waals surface area contributed by atoms with Crippen molar-refractivity contribution in [3.63, 3.8) is 0 Å². The normalized spacial score (nSPS) is 20.2. The number of carbonyl (C=O) groups is 1. The van der Waals surface area contributed by atoms with E-state index in [1.54, 1.807) is 41.0 Å². The van der Waals surface area contributed by atoms with E-state index in [1.165, 1.54) is 0 Å². The molecular weight excluding hydrogens is 307 g/mol. The van der Waals surface area contributed by atoms with E-state index in [-0.39, 0.29) is 18.7 Å². The lowest BCUT2D eigenvalue weighted by atomic mass is 9.89. The van der Waals surface area contributed by atoms with Gasteiger partial charge in [0.2, 0.25) is 0 Å². The summed E-state index contributed by atoms with van der Waals surface area (Å²) in [5.74, 6) is 0.460. The van der Waals surface area contributed by atoms with Gasteiger partial charge in [-0.3, -0.25) is 14.5 Å². The summed E-state index contributed by atoms with van der Waals surface area (Å²) in [6.07, 6.45) is 4.49. The monoisotopic (exact) mass is 328 g/mol. The first-order chi connectivity index (χ1) is 11.6. The van der Waals surface area contributed by atoms with E-state index >= 15 is 4.39 Å². The molecule has 0 unspecified atom stereocenters. The van der Waals surface area contributed by atoms with E-state index in [1.807, 2.05) is 6.07 Å². The molecule has 1 saturated heterocycles. The van der Waals surface area contributed by atoms with Crippen molar-refractivity contribution < 1.29 is 9.18 Å². The molecule has 2 aromatic heterocycles. The molecule has 0 radical (unpaired) electrons. The number of nitrogens with zero attached hydrogens (tertiary/aromatic N) is 4. The zero-order chi connectivity index (χ0) is 16.7. The number of hydrogen-bond donors (Lipinski definition) is 0. The Morgan fingerprint density at radius 3 is 2.67 bits per heavy atom. The number of rotatable bonds is 3. The number of likely N-dealkylation sites (tertiary alicyclic amines) is 1. The second-order valence-electron chi connectivity index (χ2n) is 6.82. The van der Waals surface area contributed by atoms with E-state index in [0.717, 1.165) is 18.5 Å². The van der Waals surface area contributed by atoms with Gasteiger partial charge < -0.3 is 4.90 Å². The molecular formula is C18H21FN4O. The van der Waals surface area contributed by atoms with Gasteiger partial charge in [0.05, 0.1) is 11.4 Å². The van der Waals surface area contributed by atoms with Gasteiger partial charge in [-0.15, -0.1) is 0 Å². The van der Waals surface area contributed by atoms with Crippen LogP contribution in [0.5, 0.6) is 0 Å². The highest BCUT2D eigenvalue weighted by Crippen LogP contribution is 2.40. The second kappa shape index (κ2) is 5.69. The molecule has 0 N–H and O–H groups in total. The van der Waals surface area contributed by atoms with Gasteiger partial charge in [0.25, 0.3) is 5.91 Å². The maximum atomic E-state index is 15.1. The van der Waals surface area contributed by atoms with Gasteiger partial charge in [0.1, 0.15) is 5.69 Å². The minimum Gasteiger partial charge on any atom is -0.337 e. The van der Waals surface area contributed by atoms with Gasteiger partial charge in [0, 0.05) is 45.1 Å². The highest BCUT2D eigenvalue weighted by molar-refractivity contribution is 5.92. The largest absolute Gasteiger partial charge is 0.337 e. The SMILES string of the molecule is Cn1nc(C2CC2)cc1C(=O)N1CCC(F)(c2ccccn2)CC1. The fraction of sp³-hybridized carbons (Fsp3) is 0.500. The summed E-state index contributed by atoms with van der Waals surface area (Å²) >= 11 is 0. The molecule has 0 bridgehead atoms. The zero-order valence-electron chi connectivity index (χ0n) is 13.8. The molecule has 5 nitrogen and oxygen atoms in total. The highest BCUT2D eigenvalue weighted by Gasteiger charge is 2.39. The molecule has 0 atom stereocenters. The standard InChI is InChI=1S/C18H21FN4O/c1-22-15(12-14(21-22)13-5-6-13)17(24)23-10-7-18(19,8-11-23)16-4-2-3-9-20-16/h2-4,9,12-13H,5-8,10-11H2,1H3. The van der Waals surface area contributed by atoms with Crippen LogP contribution >= 0.6 is 0 Å². The predicted molar refractivity (Wildman–Crippen MR) is 87.3 cm³/mol. The van der Waals surface area contributed by atoms with Gasteiger partial charge >= 0.3 is 0 Å². The summed E-state index contributed by atoms with van der Waals surface area (Å²) in [6.45, 7) is 0.797. The van der Waals surface area contributed by atoms with Crippen molar-refractivity contribution in [3.8, 4) is 0 Å². The van der Waals surface area contributed by atoms with Crippen LogP contribution in [-0.2, 0) is 12.7 Å². The smallest absolute Gasteiger partial charge is 0.272 e. The first-order valence-corrected chi connectivity index (χ1v) is 8.50. The average Bonchev–Trinajstić information content (AvgIpc) is 3.38. The molecule has 3 heterocycles. The maximum absolute atomic E-state index is 15.1. The van der Waals surface area contributed by atoms with Crippen molar-refractivity contribution in [2.45, 2.75) is 37.3 Å². The lowest BCUT2D eigenvalue weighted by Gasteiger charge is -2.36. The number of pyridine rings is 1. The Kier molecular flexibility index (Phi) is 3.62. The molecule has 0 aromatic carbocycles. The fourth-order valence-electron chi connectivity index (χ4n) is 3.38. The van der Waals surface area contributed by atoms with Gasteiger partial charge in [0.15, 0.2) is 5.67 Å². The lowest BCUT2D eigenvalue weighted by Crippen LogP contribution is -2.44. The van der Waals surface area contributed by atoms with Crippen LogP contribution in [0.4, 0.5) is 4.39 Å². The van der Waals surface area contributed by atoms with Crippen molar-refractivity contribution >= 4 is 5.91 Å². The average molecular weight is 328 g/mol. The van der Waals surface area contributed by atoms with Crippen LogP contribution in [0.15, 0.2) is 30.5 Å². The van der Waals surface area contributed by atoms with Crippen LogP contribution in [0.25, 0.3) is 0 Å². The number of aromatic nitrogens is 3. The number of piperidine rings is 1. The number of alkyl halides is 1. The number of carbonyl (C=O) groups excluding carboxylic acids is 1. The van der Waals surface area contributed by atoms with Gasteiger partial charge in [-0.1, -0.05) is 6.07 Å². The van der Waals surface area contributed by atoms with Crippen LogP contribution in [0, 0.1) is 0 Å². The van der Waals surface area contributed by atoms with Crippen molar-refractivity contribution in [2.75, 3.05) is 13.1 Å². The van der Waals surface area contributed by atoms with E-state index in [2.05, 4.69) is 10.1 Å². The summed E-state index contributed by atoms with van der Waals surface area (Å²) in [5, 5.41) is 4.45. The Morgan fingerprint density at radius 1 is 1.29 bits per heavy atom. The third-order valence-corrected chi connectivity index (χ3v) is 5.08. The molecule has 1 saturated carbocycles. The van der Waals surface area contributed by atoms with Gasteiger partial charge in [-0.25, -0.2) is 4.39 Å². The molecule has 1 aliphatic heterocycles.